The Morgan fingerprint density at radius 1 is 1.09 bits per heavy atom. The number of carbonyl (C=O) groups is 1. The van der Waals surface area contributed by atoms with Crippen LogP contribution >= 0.6 is 23.2 Å². The maximum absolute atomic E-state index is 13.4. The number of allylic oxidation sites excluding steroid dienone is 2. The van der Waals surface area contributed by atoms with Crippen molar-refractivity contribution in [1.82, 2.24) is 4.90 Å². The lowest BCUT2D eigenvalue weighted by Crippen LogP contribution is -2.48. The van der Waals surface area contributed by atoms with Gasteiger partial charge in [-0.15, -0.1) is 0 Å². The molecule has 1 aliphatic rings. The summed E-state index contributed by atoms with van der Waals surface area (Å²) in [7, 11) is -3.78. The second-order valence-electron chi connectivity index (χ2n) is 8.82. The van der Waals surface area contributed by atoms with Crippen LogP contribution in [0.1, 0.15) is 31.9 Å². The van der Waals surface area contributed by atoms with Gasteiger partial charge in [-0.3, -0.25) is 8.98 Å². The van der Waals surface area contributed by atoms with E-state index in [9.17, 15) is 13.2 Å². The van der Waals surface area contributed by atoms with Gasteiger partial charge in [0.15, 0.2) is 0 Å². The normalized spacial score (nSPS) is 19.0. The summed E-state index contributed by atoms with van der Waals surface area (Å²) >= 11 is 12.4. The predicted molar refractivity (Wildman–Crippen MR) is 139 cm³/mol. The highest BCUT2D eigenvalue weighted by atomic mass is 35.5. The zero-order valence-electron chi connectivity index (χ0n) is 20.1. The van der Waals surface area contributed by atoms with Gasteiger partial charge in [0, 0.05) is 12.7 Å². The van der Waals surface area contributed by atoms with E-state index >= 15 is 0 Å². The molecule has 0 radical (unpaired) electrons. The molecular weight excluding hydrogens is 509 g/mol. The third-order valence-corrected chi connectivity index (χ3v) is 7.03. The summed E-state index contributed by atoms with van der Waals surface area (Å²) in [6.45, 7) is 5.68. The molecule has 2 aromatic carbocycles. The third kappa shape index (κ3) is 7.10. The molecule has 0 fully saturated rings. The molecule has 6 nitrogen and oxygen atoms in total. The first-order chi connectivity index (χ1) is 16.4. The Labute approximate surface area is 217 Å². The molecule has 0 spiro atoms. The van der Waals surface area contributed by atoms with Crippen LogP contribution in [0.2, 0.25) is 10.0 Å². The lowest BCUT2D eigenvalue weighted by molar-refractivity contribution is -0.128. The van der Waals surface area contributed by atoms with E-state index in [0.29, 0.717) is 21.4 Å². The van der Waals surface area contributed by atoms with Crippen molar-refractivity contribution < 1.29 is 22.1 Å². The quantitative estimate of drug-likeness (QED) is 0.413. The van der Waals surface area contributed by atoms with Crippen LogP contribution in [-0.4, -0.2) is 44.2 Å². The van der Waals surface area contributed by atoms with Crippen molar-refractivity contribution in [2.24, 2.45) is 0 Å². The van der Waals surface area contributed by atoms with E-state index in [1.54, 1.807) is 48.4 Å². The Kier molecular flexibility index (Phi) is 8.70. The van der Waals surface area contributed by atoms with Gasteiger partial charge < -0.3 is 9.64 Å². The summed E-state index contributed by atoms with van der Waals surface area (Å²) in [6.07, 6.45) is 7.34. The highest BCUT2D eigenvalue weighted by Gasteiger charge is 2.41. The van der Waals surface area contributed by atoms with Crippen LogP contribution < -0.4 is 4.74 Å². The zero-order chi connectivity index (χ0) is 25.8. The summed E-state index contributed by atoms with van der Waals surface area (Å²) < 4.78 is 35.2. The highest BCUT2D eigenvalue weighted by Crippen LogP contribution is 2.38. The molecule has 0 saturated carbocycles. The Morgan fingerprint density at radius 3 is 2.49 bits per heavy atom. The Bertz CT molecular complexity index is 1240. The van der Waals surface area contributed by atoms with Gasteiger partial charge in [0.25, 0.3) is 10.1 Å². The maximum atomic E-state index is 13.4. The van der Waals surface area contributed by atoms with E-state index in [1.807, 2.05) is 44.2 Å². The number of rotatable bonds is 8. The number of hydrogen-bond donors (Lipinski definition) is 0. The van der Waals surface area contributed by atoms with Gasteiger partial charge in [0.2, 0.25) is 5.91 Å². The minimum Gasteiger partial charge on any atom is -0.491 e. The van der Waals surface area contributed by atoms with Crippen LogP contribution in [0.4, 0.5) is 0 Å². The first-order valence-electron chi connectivity index (χ1n) is 11.1. The van der Waals surface area contributed by atoms with Crippen molar-refractivity contribution in [2.45, 2.75) is 44.8 Å². The van der Waals surface area contributed by atoms with Gasteiger partial charge >= 0.3 is 0 Å². The summed E-state index contributed by atoms with van der Waals surface area (Å²) in [5.41, 5.74) is 0.464. The van der Waals surface area contributed by atoms with Crippen molar-refractivity contribution in [3.05, 3.63) is 88.1 Å². The van der Waals surface area contributed by atoms with Crippen LogP contribution in [0.25, 0.3) is 0 Å². The number of amides is 1. The molecule has 0 N–H and O–H groups in total. The summed E-state index contributed by atoms with van der Waals surface area (Å²) in [6, 6.07) is 12.5. The number of halogens is 2. The van der Waals surface area contributed by atoms with E-state index in [0.717, 1.165) is 11.8 Å². The van der Waals surface area contributed by atoms with E-state index in [4.69, 9.17) is 32.1 Å². The van der Waals surface area contributed by atoms with Crippen molar-refractivity contribution in [1.29, 1.82) is 0 Å². The third-order valence-electron chi connectivity index (χ3n) is 5.65. The van der Waals surface area contributed by atoms with Crippen molar-refractivity contribution in [3.8, 4) is 5.75 Å². The average Bonchev–Trinajstić information content (AvgIpc) is 2.98. The molecule has 1 amide bonds. The monoisotopic (exact) mass is 537 g/mol. The molecule has 0 aromatic heterocycles. The van der Waals surface area contributed by atoms with Crippen molar-refractivity contribution in [3.63, 3.8) is 0 Å². The van der Waals surface area contributed by atoms with Gasteiger partial charge in [-0.2, -0.15) is 8.42 Å². The maximum Gasteiger partial charge on any atom is 0.264 e. The fourth-order valence-corrected chi connectivity index (χ4v) is 5.03. The first kappa shape index (κ1) is 27.3. The van der Waals surface area contributed by atoms with Gasteiger partial charge in [-0.25, -0.2) is 0 Å². The minimum absolute atomic E-state index is 0.0173. The Hall–Kier alpha value is -2.32. The topological polar surface area (TPSA) is 72.9 Å². The van der Waals surface area contributed by atoms with Crippen LogP contribution in [-0.2, 0) is 30.9 Å². The Morgan fingerprint density at radius 2 is 1.83 bits per heavy atom. The molecule has 2 aromatic rings. The molecule has 2 unspecified atom stereocenters. The van der Waals surface area contributed by atoms with E-state index in [2.05, 4.69) is 0 Å². The second kappa shape index (κ2) is 11.2. The number of nitrogens with zero attached hydrogens (tertiary/aromatic N) is 1. The van der Waals surface area contributed by atoms with Crippen molar-refractivity contribution in [2.75, 3.05) is 12.8 Å². The number of carbonyl (C=O) groups excluding carboxylic acids is 1. The molecular formula is C26H29Cl2NO5S. The fourth-order valence-electron chi connectivity index (χ4n) is 4.04. The lowest BCUT2D eigenvalue weighted by atomic mass is 9.75. The molecule has 3 rings (SSSR count). The lowest BCUT2D eigenvalue weighted by Gasteiger charge is -2.39. The predicted octanol–water partition coefficient (Wildman–Crippen LogP) is 5.54. The van der Waals surface area contributed by atoms with Gasteiger partial charge in [-0.05, 0) is 62.2 Å². The first-order valence-corrected chi connectivity index (χ1v) is 13.7. The zero-order valence-corrected chi connectivity index (χ0v) is 22.4. The SMILES string of the molecule is CC(C)Oc1cccc(CC(=O)N2C=CC=CC(c3ccc(Cl)c(Cl)c3)(C(C)OS(C)(=O)=O)C2)c1. The molecule has 35 heavy (non-hydrogen) atoms. The van der Waals surface area contributed by atoms with E-state index in [-0.39, 0.29) is 25.0 Å². The van der Waals surface area contributed by atoms with Gasteiger partial charge in [0.05, 0.1) is 40.3 Å². The van der Waals surface area contributed by atoms with Crippen LogP contribution in [0.5, 0.6) is 5.75 Å². The minimum atomic E-state index is -3.78. The Balaban J connectivity index is 1.96. The fraction of sp³-hybridized carbons (Fsp3) is 0.346. The molecule has 9 heteroatoms. The summed E-state index contributed by atoms with van der Waals surface area (Å²) in [5, 5.41) is 0.690. The van der Waals surface area contributed by atoms with Crippen molar-refractivity contribution >= 4 is 39.2 Å². The highest BCUT2D eigenvalue weighted by molar-refractivity contribution is 7.86. The van der Waals surface area contributed by atoms with E-state index < -0.39 is 21.6 Å². The number of hydrogen-bond acceptors (Lipinski definition) is 5. The van der Waals surface area contributed by atoms with Gasteiger partial charge in [-0.1, -0.05) is 53.6 Å². The second-order valence-corrected chi connectivity index (χ2v) is 11.2. The van der Waals surface area contributed by atoms with Crippen LogP contribution in [0.15, 0.2) is 66.9 Å². The van der Waals surface area contributed by atoms with E-state index in [1.165, 1.54) is 0 Å². The summed E-state index contributed by atoms with van der Waals surface area (Å²) in [4.78, 5) is 15.0. The van der Waals surface area contributed by atoms with Gasteiger partial charge in [0.1, 0.15) is 5.75 Å². The van der Waals surface area contributed by atoms with Crippen LogP contribution in [0, 0.1) is 0 Å². The average molecular weight is 538 g/mol. The molecule has 0 saturated heterocycles. The standard InChI is InChI=1S/C26H29Cl2NO5S/c1-18(2)33-22-9-7-8-20(14-22)15-25(30)29-13-6-5-12-26(17-29,19(3)34-35(4,31)32)21-10-11-23(27)24(28)16-21/h5-14,16,18-19H,15,17H2,1-4H3. The molecule has 1 heterocycles. The molecule has 0 aliphatic carbocycles. The number of benzene rings is 2. The molecule has 1 aliphatic heterocycles. The molecule has 2 atom stereocenters. The molecule has 188 valence electrons. The summed E-state index contributed by atoms with van der Waals surface area (Å²) in [5.74, 6) is 0.529. The smallest absolute Gasteiger partial charge is 0.264 e. The molecule has 0 bridgehead atoms. The van der Waals surface area contributed by atoms with Crippen LogP contribution in [0.3, 0.4) is 0 Å². The largest absolute Gasteiger partial charge is 0.491 e. The number of ether oxygens (including phenoxy) is 1.